The first-order chi connectivity index (χ1) is 9.99. The van der Waals surface area contributed by atoms with E-state index < -0.39 is 10.0 Å². The molecule has 1 fully saturated rings. The van der Waals surface area contributed by atoms with Crippen molar-refractivity contribution < 1.29 is 13.2 Å². The van der Waals surface area contributed by atoms with Crippen LogP contribution in [0, 0.1) is 0 Å². The van der Waals surface area contributed by atoms with E-state index in [1.165, 1.54) is 4.31 Å². The van der Waals surface area contributed by atoms with Gasteiger partial charge in [0.25, 0.3) is 0 Å². The zero-order valence-electron chi connectivity index (χ0n) is 12.4. The summed E-state index contributed by atoms with van der Waals surface area (Å²) in [5.74, 6) is 0.181. The predicted molar refractivity (Wildman–Crippen MR) is 82.1 cm³/mol. The van der Waals surface area contributed by atoms with Crippen molar-refractivity contribution in [1.82, 2.24) is 9.21 Å². The number of carbonyl (C=O) groups excluding carboxylic acids is 1. The van der Waals surface area contributed by atoms with Crippen LogP contribution in [0.5, 0.6) is 0 Å². The van der Waals surface area contributed by atoms with Crippen LogP contribution in [0.3, 0.4) is 0 Å². The molecule has 0 aliphatic carbocycles. The molecule has 1 aromatic carbocycles. The van der Waals surface area contributed by atoms with Crippen LogP contribution in [0.15, 0.2) is 30.3 Å². The number of rotatable bonds is 5. The molecule has 1 heterocycles. The lowest BCUT2D eigenvalue weighted by atomic mass is 10.2. The molecule has 0 aromatic heterocycles. The summed E-state index contributed by atoms with van der Waals surface area (Å²) in [7, 11) is -1.39. The molecular weight excluding hydrogens is 288 g/mol. The maximum atomic E-state index is 12.1. The Labute approximate surface area is 126 Å². The second-order valence-electron chi connectivity index (χ2n) is 5.41. The first kappa shape index (κ1) is 16.0. The third-order valence-electron chi connectivity index (χ3n) is 3.72. The molecule has 0 bridgehead atoms. The molecular formula is C15H22N2O3S. The highest BCUT2D eigenvalue weighted by Gasteiger charge is 2.26. The van der Waals surface area contributed by atoms with Crippen LogP contribution in [-0.2, 0) is 21.4 Å². The van der Waals surface area contributed by atoms with Crippen molar-refractivity contribution in [1.29, 1.82) is 0 Å². The van der Waals surface area contributed by atoms with Crippen molar-refractivity contribution in [3.8, 4) is 0 Å². The molecule has 1 aliphatic rings. The number of hydrogen-bond acceptors (Lipinski definition) is 3. The molecule has 21 heavy (non-hydrogen) atoms. The third-order valence-corrected chi connectivity index (χ3v) is 5.67. The average Bonchev–Trinajstić information content (AvgIpc) is 2.46. The highest BCUT2D eigenvalue weighted by molar-refractivity contribution is 7.89. The molecule has 1 aromatic rings. The molecule has 0 N–H and O–H groups in total. The van der Waals surface area contributed by atoms with Crippen molar-refractivity contribution >= 4 is 15.9 Å². The van der Waals surface area contributed by atoms with Gasteiger partial charge in [-0.05, 0) is 18.4 Å². The highest BCUT2D eigenvalue weighted by atomic mass is 32.2. The van der Waals surface area contributed by atoms with Gasteiger partial charge in [-0.2, -0.15) is 0 Å². The van der Waals surface area contributed by atoms with Gasteiger partial charge in [0.05, 0.1) is 5.75 Å². The second kappa shape index (κ2) is 7.04. The smallest absolute Gasteiger partial charge is 0.223 e. The van der Waals surface area contributed by atoms with Crippen LogP contribution in [-0.4, -0.2) is 49.4 Å². The van der Waals surface area contributed by atoms with E-state index in [9.17, 15) is 13.2 Å². The molecule has 0 unspecified atom stereocenters. The first-order valence-corrected chi connectivity index (χ1v) is 8.86. The minimum atomic E-state index is -3.14. The monoisotopic (exact) mass is 310 g/mol. The topological polar surface area (TPSA) is 57.7 Å². The number of carbonyl (C=O) groups is 1. The Kier molecular flexibility index (Phi) is 5.36. The average molecular weight is 310 g/mol. The zero-order chi connectivity index (χ0) is 15.3. The van der Waals surface area contributed by atoms with Crippen molar-refractivity contribution in [2.24, 2.45) is 0 Å². The number of sulfonamides is 1. The Morgan fingerprint density at radius 3 is 2.62 bits per heavy atom. The van der Waals surface area contributed by atoms with E-state index >= 15 is 0 Å². The van der Waals surface area contributed by atoms with Crippen molar-refractivity contribution in [2.45, 2.75) is 25.8 Å². The fraction of sp³-hybridized carbons (Fsp3) is 0.533. The Morgan fingerprint density at radius 1 is 1.24 bits per heavy atom. The molecule has 1 amide bonds. The van der Waals surface area contributed by atoms with Gasteiger partial charge < -0.3 is 4.90 Å². The predicted octanol–water partition coefficient (Wildman–Crippen LogP) is 1.46. The second-order valence-corrected chi connectivity index (χ2v) is 7.50. The van der Waals surface area contributed by atoms with Gasteiger partial charge in [0.15, 0.2) is 0 Å². The van der Waals surface area contributed by atoms with E-state index in [-0.39, 0.29) is 18.1 Å². The van der Waals surface area contributed by atoms with Crippen LogP contribution in [0.4, 0.5) is 0 Å². The van der Waals surface area contributed by atoms with Crippen LogP contribution in [0.1, 0.15) is 24.8 Å². The van der Waals surface area contributed by atoms with Gasteiger partial charge in [-0.3, -0.25) is 4.79 Å². The van der Waals surface area contributed by atoms with Gasteiger partial charge in [-0.15, -0.1) is 0 Å². The van der Waals surface area contributed by atoms with E-state index in [4.69, 9.17) is 0 Å². The van der Waals surface area contributed by atoms with Crippen molar-refractivity contribution in [3.63, 3.8) is 0 Å². The molecule has 1 aliphatic heterocycles. The highest BCUT2D eigenvalue weighted by Crippen LogP contribution is 2.14. The van der Waals surface area contributed by atoms with Gasteiger partial charge in [-0.1, -0.05) is 30.3 Å². The molecule has 5 nitrogen and oxygen atoms in total. The number of amides is 1. The first-order valence-electron chi connectivity index (χ1n) is 7.25. The van der Waals surface area contributed by atoms with Crippen LogP contribution in [0.25, 0.3) is 0 Å². The van der Waals surface area contributed by atoms with E-state index in [0.717, 1.165) is 18.4 Å². The van der Waals surface area contributed by atoms with Gasteiger partial charge in [-0.25, -0.2) is 12.7 Å². The standard InChI is InChI=1S/C15H22N2O3S/c1-16(13-14-7-3-2-4-8-14)15(18)9-11-17-10-5-6-12-21(17,19)20/h2-4,7-8H,5-6,9-13H2,1H3. The summed E-state index contributed by atoms with van der Waals surface area (Å²) < 4.78 is 25.2. The van der Waals surface area contributed by atoms with E-state index in [1.807, 2.05) is 30.3 Å². The molecule has 0 radical (unpaired) electrons. The van der Waals surface area contributed by atoms with E-state index in [0.29, 0.717) is 19.6 Å². The van der Waals surface area contributed by atoms with Crippen molar-refractivity contribution in [3.05, 3.63) is 35.9 Å². The number of nitrogens with zero attached hydrogens (tertiary/aromatic N) is 2. The fourth-order valence-corrected chi connectivity index (χ4v) is 4.05. The molecule has 0 saturated carbocycles. The third kappa shape index (κ3) is 4.54. The van der Waals surface area contributed by atoms with Crippen molar-refractivity contribution in [2.75, 3.05) is 25.9 Å². The molecule has 116 valence electrons. The summed E-state index contributed by atoms with van der Waals surface area (Å²) >= 11 is 0. The summed E-state index contributed by atoms with van der Waals surface area (Å²) in [4.78, 5) is 13.8. The van der Waals surface area contributed by atoms with Gasteiger partial charge in [0.2, 0.25) is 15.9 Å². The Hall–Kier alpha value is -1.40. The van der Waals surface area contributed by atoms with E-state index in [1.54, 1.807) is 11.9 Å². The van der Waals surface area contributed by atoms with Gasteiger partial charge in [0, 0.05) is 33.1 Å². The molecule has 0 spiro atoms. The lowest BCUT2D eigenvalue weighted by molar-refractivity contribution is -0.130. The van der Waals surface area contributed by atoms with Crippen LogP contribution >= 0.6 is 0 Å². The molecule has 0 atom stereocenters. The minimum absolute atomic E-state index is 0.0281. The van der Waals surface area contributed by atoms with Crippen LogP contribution in [0.2, 0.25) is 0 Å². The van der Waals surface area contributed by atoms with Gasteiger partial charge in [0.1, 0.15) is 0 Å². The Bertz CT molecular complexity index is 572. The number of benzene rings is 1. The summed E-state index contributed by atoms with van der Waals surface area (Å²) in [6.45, 7) is 1.38. The lowest BCUT2D eigenvalue weighted by Gasteiger charge is -2.26. The molecule has 6 heteroatoms. The Morgan fingerprint density at radius 2 is 1.95 bits per heavy atom. The number of hydrogen-bond donors (Lipinski definition) is 0. The normalized spacial score (nSPS) is 18.3. The Balaban J connectivity index is 1.84. The maximum absolute atomic E-state index is 12.1. The van der Waals surface area contributed by atoms with Gasteiger partial charge >= 0.3 is 0 Å². The van der Waals surface area contributed by atoms with Crippen LogP contribution < -0.4 is 0 Å². The summed E-state index contributed by atoms with van der Waals surface area (Å²) in [6.07, 6.45) is 1.84. The zero-order valence-corrected chi connectivity index (χ0v) is 13.2. The SMILES string of the molecule is CN(Cc1ccccc1)C(=O)CCN1CCCCS1(=O)=O. The minimum Gasteiger partial charge on any atom is -0.341 e. The maximum Gasteiger partial charge on any atom is 0.223 e. The fourth-order valence-electron chi connectivity index (χ4n) is 2.45. The largest absolute Gasteiger partial charge is 0.341 e. The summed E-state index contributed by atoms with van der Waals surface area (Å²) in [6, 6.07) is 9.76. The summed E-state index contributed by atoms with van der Waals surface area (Å²) in [5.41, 5.74) is 1.07. The molecule has 1 saturated heterocycles. The van der Waals surface area contributed by atoms with E-state index in [2.05, 4.69) is 0 Å². The lowest BCUT2D eigenvalue weighted by Crippen LogP contribution is -2.40. The summed E-state index contributed by atoms with van der Waals surface area (Å²) in [5, 5.41) is 0. The molecule has 2 rings (SSSR count). The quantitative estimate of drug-likeness (QED) is 0.827.